The van der Waals surface area contributed by atoms with Gasteiger partial charge in [0.2, 0.25) is 0 Å². The van der Waals surface area contributed by atoms with Crippen LogP contribution < -0.4 is 5.73 Å². The van der Waals surface area contributed by atoms with Crippen molar-refractivity contribution in [3.8, 4) is 0 Å². The number of nitrogens with zero attached hydrogens (tertiary/aromatic N) is 1. The summed E-state index contributed by atoms with van der Waals surface area (Å²) in [6.45, 7) is 6.68. The lowest BCUT2D eigenvalue weighted by Gasteiger charge is -2.36. The molecule has 2 unspecified atom stereocenters. The molecule has 0 aromatic heterocycles. The van der Waals surface area contributed by atoms with Crippen molar-refractivity contribution in [3.63, 3.8) is 0 Å². The Morgan fingerprint density at radius 3 is 2.84 bits per heavy atom. The number of hydrogen-bond acceptors (Lipinski definition) is 2. The van der Waals surface area contributed by atoms with Gasteiger partial charge < -0.3 is 5.73 Å². The highest BCUT2D eigenvalue weighted by Crippen LogP contribution is 2.40. The van der Waals surface area contributed by atoms with Gasteiger partial charge in [0.05, 0.1) is 0 Å². The fraction of sp³-hybridized carbons (Fsp3) is 0.647. The minimum atomic E-state index is 0.681. The van der Waals surface area contributed by atoms with Gasteiger partial charge in [0, 0.05) is 13.1 Å². The highest BCUT2D eigenvalue weighted by Gasteiger charge is 2.26. The van der Waals surface area contributed by atoms with Crippen LogP contribution in [-0.4, -0.2) is 24.5 Å². The lowest BCUT2D eigenvalue weighted by atomic mass is 9.87. The summed E-state index contributed by atoms with van der Waals surface area (Å²) in [6.07, 6.45) is 4.07. The predicted molar refractivity (Wildman–Crippen MR) is 80.0 cm³/mol. The quantitative estimate of drug-likeness (QED) is 0.899. The number of likely N-dealkylation sites (tertiary alicyclic amines) is 1. The van der Waals surface area contributed by atoms with E-state index < -0.39 is 0 Å². The second-order valence-corrected chi connectivity index (χ2v) is 6.52. The van der Waals surface area contributed by atoms with Crippen molar-refractivity contribution >= 4 is 0 Å². The Balaban J connectivity index is 1.62. The first kappa shape index (κ1) is 13.1. The second kappa shape index (κ2) is 5.64. The maximum absolute atomic E-state index is 5.89. The predicted octanol–water partition coefficient (Wildman–Crippen LogP) is 2.98. The molecule has 3 rings (SSSR count). The van der Waals surface area contributed by atoms with Crippen LogP contribution in [0.4, 0.5) is 0 Å². The van der Waals surface area contributed by atoms with Crippen LogP contribution in [0, 0.1) is 11.8 Å². The summed E-state index contributed by atoms with van der Waals surface area (Å²) in [5.41, 5.74) is 8.93. The molecular weight excluding hydrogens is 232 g/mol. The summed E-state index contributed by atoms with van der Waals surface area (Å²) in [7, 11) is 0. The van der Waals surface area contributed by atoms with Crippen molar-refractivity contribution < 1.29 is 0 Å². The van der Waals surface area contributed by atoms with Crippen LogP contribution in [0.3, 0.4) is 0 Å². The molecule has 0 amide bonds. The van der Waals surface area contributed by atoms with Crippen LogP contribution in [0.25, 0.3) is 0 Å². The molecule has 1 heterocycles. The smallest absolute Gasteiger partial charge is 0.0233 e. The molecule has 0 bridgehead atoms. The molecule has 19 heavy (non-hydrogen) atoms. The molecule has 1 saturated heterocycles. The van der Waals surface area contributed by atoms with E-state index in [0.717, 1.165) is 24.9 Å². The van der Waals surface area contributed by atoms with Gasteiger partial charge in [-0.15, -0.1) is 0 Å². The molecule has 2 aliphatic rings. The van der Waals surface area contributed by atoms with Crippen LogP contribution in [0.15, 0.2) is 24.3 Å². The largest absolute Gasteiger partial charge is 0.330 e. The van der Waals surface area contributed by atoms with Crippen molar-refractivity contribution in [2.45, 2.75) is 38.6 Å². The summed E-state index contributed by atoms with van der Waals surface area (Å²) in [5.74, 6) is 2.33. The number of rotatable bonds is 4. The van der Waals surface area contributed by atoms with E-state index in [4.69, 9.17) is 5.73 Å². The van der Waals surface area contributed by atoms with E-state index in [9.17, 15) is 0 Å². The van der Waals surface area contributed by atoms with Crippen molar-refractivity contribution in [1.29, 1.82) is 0 Å². The molecule has 1 saturated carbocycles. The number of nitrogens with two attached hydrogens (primary N) is 1. The fourth-order valence-corrected chi connectivity index (χ4v) is 3.30. The highest BCUT2D eigenvalue weighted by atomic mass is 15.1. The van der Waals surface area contributed by atoms with Gasteiger partial charge in [-0.05, 0) is 61.2 Å². The van der Waals surface area contributed by atoms with E-state index in [1.54, 1.807) is 5.56 Å². The topological polar surface area (TPSA) is 29.3 Å². The fourth-order valence-electron chi connectivity index (χ4n) is 3.30. The summed E-state index contributed by atoms with van der Waals surface area (Å²) >= 11 is 0. The summed E-state index contributed by atoms with van der Waals surface area (Å²) in [4.78, 5) is 2.59. The normalized spacial score (nSPS) is 28.5. The third-order valence-electron chi connectivity index (χ3n) is 4.91. The molecule has 104 valence electrons. The molecule has 2 N–H and O–H groups in total. The van der Waals surface area contributed by atoms with Gasteiger partial charge in [-0.1, -0.05) is 31.2 Å². The standard InChI is InChI=1S/C17H26N2/c1-13-7-8-19(12-17(13)10-18)11-14-3-2-4-16(9-14)15-5-6-15/h2-4,9,13,15,17H,5-8,10-12,18H2,1H3. The Labute approximate surface area is 117 Å². The molecule has 1 aromatic rings. The van der Waals surface area contributed by atoms with Crippen molar-refractivity contribution in [1.82, 2.24) is 4.90 Å². The van der Waals surface area contributed by atoms with E-state index in [1.807, 2.05) is 0 Å². The SMILES string of the molecule is CC1CCN(Cc2cccc(C3CC3)c2)CC1CN. The van der Waals surface area contributed by atoms with Gasteiger partial charge in [-0.3, -0.25) is 4.90 Å². The molecule has 1 aliphatic carbocycles. The molecule has 2 fully saturated rings. The molecule has 2 heteroatoms. The zero-order valence-electron chi connectivity index (χ0n) is 12.0. The number of hydrogen-bond donors (Lipinski definition) is 1. The Hall–Kier alpha value is -0.860. The maximum atomic E-state index is 5.89. The van der Waals surface area contributed by atoms with Crippen molar-refractivity contribution in [2.75, 3.05) is 19.6 Å². The third kappa shape index (κ3) is 3.18. The third-order valence-corrected chi connectivity index (χ3v) is 4.91. The Morgan fingerprint density at radius 1 is 1.26 bits per heavy atom. The molecule has 2 nitrogen and oxygen atoms in total. The maximum Gasteiger partial charge on any atom is 0.0233 e. The first-order valence-electron chi connectivity index (χ1n) is 7.77. The van der Waals surface area contributed by atoms with Gasteiger partial charge >= 0.3 is 0 Å². The molecule has 1 aromatic carbocycles. The van der Waals surface area contributed by atoms with Crippen LogP contribution in [0.2, 0.25) is 0 Å². The summed E-state index contributed by atoms with van der Waals surface area (Å²) in [5, 5.41) is 0. The Bertz CT molecular complexity index is 425. The van der Waals surface area contributed by atoms with E-state index in [0.29, 0.717) is 5.92 Å². The van der Waals surface area contributed by atoms with Crippen LogP contribution in [0.1, 0.15) is 43.2 Å². The average Bonchev–Trinajstić information content (AvgIpc) is 3.26. The summed E-state index contributed by atoms with van der Waals surface area (Å²) < 4.78 is 0. The second-order valence-electron chi connectivity index (χ2n) is 6.52. The molecule has 0 radical (unpaired) electrons. The van der Waals surface area contributed by atoms with E-state index in [2.05, 4.69) is 36.1 Å². The van der Waals surface area contributed by atoms with E-state index in [1.165, 1.54) is 37.9 Å². The minimum Gasteiger partial charge on any atom is -0.330 e. The van der Waals surface area contributed by atoms with Crippen LogP contribution in [0.5, 0.6) is 0 Å². The lowest BCUT2D eigenvalue weighted by Crippen LogP contribution is -2.42. The van der Waals surface area contributed by atoms with Crippen LogP contribution in [-0.2, 0) is 6.54 Å². The Morgan fingerprint density at radius 2 is 2.11 bits per heavy atom. The van der Waals surface area contributed by atoms with Gasteiger partial charge in [-0.2, -0.15) is 0 Å². The zero-order valence-corrected chi connectivity index (χ0v) is 12.0. The van der Waals surface area contributed by atoms with Crippen molar-refractivity contribution in [2.24, 2.45) is 17.6 Å². The average molecular weight is 258 g/mol. The monoisotopic (exact) mass is 258 g/mol. The Kier molecular flexibility index (Phi) is 3.90. The van der Waals surface area contributed by atoms with Gasteiger partial charge in [0.25, 0.3) is 0 Å². The number of benzene rings is 1. The minimum absolute atomic E-state index is 0.681. The first-order chi connectivity index (χ1) is 9.26. The molecule has 0 spiro atoms. The van der Waals surface area contributed by atoms with Gasteiger partial charge in [0.1, 0.15) is 0 Å². The van der Waals surface area contributed by atoms with E-state index >= 15 is 0 Å². The zero-order chi connectivity index (χ0) is 13.2. The van der Waals surface area contributed by atoms with Crippen molar-refractivity contribution in [3.05, 3.63) is 35.4 Å². The summed E-state index contributed by atoms with van der Waals surface area (Å²) in [6, 6.07) is 9.23. The van der Waals surface area contributed by atoms with Crippen LogP contribution >= 0.6 is 0 Å². The molecule has 1 aliphatic heterocycles. The first-order valence-corrected chi connectivity index (χ1v) is 7.77. The molecular formula is C17H26N2. The highest BCUT2D eigenvalue weighted by molar-refractivity contribution is 5.29. The number of piperidine rings is 1. The lowest BCUT2D eigenvalue weighted by molar-refractivity contribution is 0.126. The van der Waals surface area contributed by atoms with E-state index in [-0.39, 0.29) is 0 Å². The van der Waals surface area contributed by atoms with Gasteiger partial charge in [0.15, 0.2) is 0 Å². The molecule has 2 atom stereocenters. The van der Waals surface area contributed by atoms with Gasteiger partial charge in [-0.25, -0.2) is 0 Å².